The van der Waals surface area contributed by atoms with Gasteiger partial charge in [0, 0.05) is 6.04 Å². The third kappa shape index (κ3) is 7.13. The van der Waals surface area contributed by atoms with Crippen molar-refractivity contribution in [3.05, 3.63) is 22.4 Å². The lowest BCUT2D eigenvalue weighted by Gasteiger charge is -2.22. The maximum atomic E-state index is 12.0. The monoisotopic (exact) mass is 312 g/mol. The van der Waals surface area contributed by atoms with Crippen LogP contribution >= 0.6 is 11.3 Å². The Hall–Kier alpha value is -1.56. The lowest BCUT2D eigenvalue weighted by atomic mass is 10.1. The minimum absolute atomic E-state index is 0.00925. The summed E-state index contributed by atoms with van der Waals surface area (Å²) in [5, 5.41) is 9.48. The molecule has 2 amide bonds. The van der Waals surface area contributed by atoms with Gasteiger partial charge < -0.3 is 15.4 Å². The molecule has 1 aromatic rings. The Balaban J connectivity index is 2.38. The Labute approximate surface area is 130 Å². The van der Waals surface area contributed by atoms with Crippen molar-refractivity contribution in [3.8, 4) is 0 Å². The lowest BCUT2D eigenvalue weighted by molar-refractivity contribution is -0.123. The first-order chi connectivity index (χ1) is 9.67. The summed E-state index contributed by atoms with van der Waals surface area (Å²) in [6, 6.07) is 1.41. The number of thiophene rings is 1. The zero-order chi connectivity index (χ0) is 16.0. The molecule has 0 bridgehead atoms. The van der Waals surface area contributed by atoms with Crippen LogP contribution in [0.2, 0.25) is 0 Å². The third-order valence-corrected chi connectivity index (χ3v) is 3.37. The van der Waals surface area contributed by atoms with Crippen molar-refractivity contribution in [2.45, 2.75) is 58.7 Å². The maximum Gasteiger partial charge on any atom is 0.408 e. The van der Waals surface area contributed by atoms with E-state index in [0.717, 1.165) is 6.42 Å². The highest BCUT2D eigenvalue weighted by atomic mass is 32.1. The zero-order valence-corrected chi connectivity index (χ0v) is 14.0. The van der Waals surface area contributed by atoms with E-state index in [4.69, 9.17) is 4.74 Å². The summed E-state index contributed by atoms with van der Waals surface area (Å²) in [5.41, 5.74) is 0.618. The van der Waals surface area contributed by atoms with Gasteiger partial charge in [-0.2, -0.15) is 11.3 Å². The summed E-state index contributed by atoms with van der Waals surface area (Å²) in [6.07, 6.45) is 0.185. The molecule has 118 valence electrons. The van der Waals surface area contributed by atoms with Gasteiger partial charge in [0.1, 0.15) is 11.6 Å². The number of alkyl carbamates (subject to hydrolysis) is 1. The molecule has 5 nitrogen and oxygen atoms in total. The van der Waals surface area contributed by atoms with Crippen LogP contribution in [0.5, 0.6) is 0 Å². The van der Waals surface area contributed by atoms with E-state index in [1.165, 1.54) is 5.56 Å². The largest absolute Gasteiger partial charge is 0.444 e. The lowest BCUT2D eigenvalue weighted by Crippen LogP contribution is -2.48. The summed E-state index contributed by atoms with van der Waals surface area (Å²) < 4.78 is 5.12. The van der Waals surface area contributed by atoms with Crippen LogP contribution in [-0.2, 0) is 16.0 Å². The molecule has 6 heteroatoms. The number of amides is 2. The number of hydrogen-bond donors (Lipinski definition) is 2. The van der Waals surface area contributed by atoms with Gasteiger partial charge in [0.25, 0.3) is 0 Å². The Bertz CT molecular complexity index is 466. The topological polar surface area (TPSA) is 67.4 Å². The first kappa shape index (κ1) is 17.5. The van der Waals surface area contributed by atoms with Crippen molar-refractivity contribution in [2.75, 3.05) is 0 Å². The van der Waals surface area contributed by atoms with Gasteiger partial charge in [-0.3, -0.25) is 4.79 Å². The predicted octanol–water partition coefficient (Wildman–Crippen LogP) is 2.71. The van der Waals surface area contributed by atoms with Crippen LogP contribution in [0.3, 0.4) is 0 Å². The molecule has 1 heterocycles. The molecule has 0 aliphatic carbocycles. The van der Waals surface area contributed by atoms with Gasteiger partial charge in [-0.1, -0.05) is 0 Å². The highest BCUT2D eigenvalue weighted by Gasteiger charge is 2.21. The minimum Gasteiger partial charge on any atom is -0.444 e. The van der Waals surface area contributed by atoms with Gasteiger partial charge >= 0.3 is 6.09 Å². The van der Waals surface area contributed by atoms with Crippen molar-refractivity contribution >= 4 is 23.3 Å². The average molecular weight is 312 g/mol. The summed E-state index contributed by atoms with van der Waals surface area (Å²) in [5.74, 6) is -0.219. The number of hydrogen-bond acceptors (Lipinski definition) is 4. The molecule has 1 aromatic heterocycles. The Morgan fingerprint density at radius 2 is 1.95 bits per heavy atom. The highest BCUT2D eigenvalue weighted by Crippen LogP contribution is 2.09. The molecule has 2 atom stereocenters. The van der Waals surface area contributed by atoms with E-state index in [0.29, 0.717) is 0 Å². The predicted molar refractivity (Wildman–Crippen MR) is 84.5 cm³/mol. The van der Waals surface area contributed by atoms with Crippen LogP contribution in [0.4, 0.5) is 4.79 Å². The molecule has 0 aliphatic heterocycles. The van der Waals surface area contributed by atoms with Gasteiger partial charge in [-0.05, 0) is 63.4 Å². The molecule has 1 rings (SSSR count). The van der Waals surface area contributed by atoms with E-state index in [-0.39, 0.29) is 11.9 Å². The summed E-state index contributed by atoms with van der Waals surface area (Å²) in [4.78, 5) is 23.6. The van der Waals surface area contributed by atoms with Crippen molar-refractivity contribution < 1.29 is 14.3 Å². The van der Waals surface area contributed by atoms with Gasteiger partial charge in [0.15, 0.2) is 0 Å². The van der Waals surface area contributed by atoms with Crippen LogP contribution in [-0.4, -0.2) is 29.7 Å². The standard InChI is InChI=1S/C15H24N2O3S/c1-10(8-12-6-7-21-9-12)16-13(18)11(2)17-14(19)20-15(3,4)5/h6-7,9-11H,8H2,1-5H3,(H,16,18)(H,17,19). The van der Waals surface area contributed by atoms with E-state index in [9.17, 15) is 9.59 Å². The van der Waals surface area contributed by atoms with Crippen LogP contribution < -0.4 is 10.6 Å². The molecule has 0 saturated carbocycles. The van der Waals surface area contributed by atoms with Crippen molar-refractivity contribution in [1.29, 1.82) is 0 Å². The fourth-order valence-corrected chi connectivity index (χ4v) is 2.41. The smallest absolute Gasteiger partial charge is 0.408 e. The van der Waals surface area contributed by atoms with Crippen LogP contribution in [0, 0.1) is 0 Å². The highest BCUT2D eigenvalue weighted by molar-refractivity contribution is 7.07. The Morgan fingerprint density at radius 3 is 2.48 bits per heavy atom. The SMILES string of the molecule is CC(Cc1ccsc1)NC(=O)C(C)NC(=O)OC(C)(C)C. The second kappa shape index (κ2) is 7.45. The molecule has 0 spiro atoms. The fraction of sp³-hybridized carbons (Fsp3) is 0.600. The Morgan fingerprint density at radius 1 is 1.29 bits per heavy atom. The molecule has 21 heavy (non-hydrogen) atoms. The van der Waals surface area contributed by atoms with E-state index < -0.39 is 17.7 Å². The zero-order valence-electron chi connectivity index (χ0n) is 13.2. The number of carbonyl (C=O) groups excluding carboxylic acids is 2. The van der Waals surface area contributed by atoms with E-state index in [1.807, 2.05) is 18.4 Å². The minimum atomic E-state index is -0.634. The molecule has 0 radical (unpaired) electrons. The van der Waals surface area contributed by atoms with Gasteiger partial charge in [-0.25, -0.2) is 4.79 Å². The number of rotatable bonds is 5. The second-order valence-electron chi connectivity index (χ2n) is 6.11. The van der Waals surface area contributed by atoms with Crippen molar-refractivity contribution in [3.63, 3.8) is 0 Å². The third-order valence-electron chi connectivity index (χ3n) is 2.64. The number of nitrogens with one attached hydrogen (secondary N) is 2. The molecule has 0 fully saturated rings. The summed E-state index contributed by atoms with van der Waals surface area (Å²) in [6.45, 7) is 8.91. The number of ether oxygens (including phenoxy) is 1. The van der Waals surface area contributed by atoms with E-state index in [2.05, 4.69) is 16.0 Å². The maximum absolute atomic E-state index is 12.0. The van der Waals surface area contributed by atoms with E-state index in [1.54, 1.807) is 39.0 Å². The first-order valence-electron chi connectivity index (χ1n) is 6.98. The molecular weight excluding hydrogens is 288 g/mol. The normalized spacial score (nSPS) is 14.1. The summed E-state index contributed by atoms with van der Waals surface area (Å²) in [7, 11) is 0. The second-order valence-corrected chi connectivity index (χ2v) is 6.89. The molecule has 0 aromatic carbocycles. The van der Waals surface area contributed by atoms with Gasteiger partial charge in [0.2, 0.25) is 5.91 Å². The molecule has 0 aliphatic rings. The van der Waals surface area contributed by atoms with Crippen molar-refractivity contribution in [1.82, 2.24) is 10.6 Å². The van der Waals surface area contributed by atoms with Gasteiger partial charge in [0.05, 0.1) is 0 Å². The first-order valence-corrected chi connectivity index (χ1v) is 7.92. The number of carbonyl (C=O) groups is 2. The fourth-order valence-electron chi connectivity index (χ4n) is 1.73. The average Bonchev–Trinajstić information content (AvgIpc) is 2.78. The Kier molecular flexibility index (Phi) is 6.20. The van der Waals surface area contributed by atoms with E-state index >= 15 is 0 Å². The molecule has 2 N–H and O–H groups in total. The van der Waals surface area contributed by atoms with Crippen LogP contribution in [0.25, 0.3) is 0 Å². The van der Waals surface area contributed by atoms with Crippen LogP contribution in [0.15, 0.2) is 16.8 Å². The van der Waals surface area contributed by atoms with Crippen molar-refractivity contribution in [2.24, 2.45) is 0 Å². The molecule has 2 unspecified atom stereocenters. The molecular formula is C15H24N2O3S. The molecule has 0 saturated heterocycles. The summed E-state index contributed by atoms with van der Waals surface area (Å²) >= 11 is 1.63. The van der Waals surface area contributed by atoms with Crippen LogP contribution in [0.1, 0.15) is 40.2 Å². The quantitative estimate of drug-likeness (QED) is 0.878. The van der Waals surface area contributed by atoms with Gasteiger partial charge in [-0.15, -0.1) is 0 Å².